The smallest absolute Gasteiger partial charge is 0.269 e. The summed E-state index contributed by atoms with van der Waals surface area (Å²) < 4.78 is 11.1. The van der Waals surface area contributed by atoms with Crippen LogP contribution in [0.1, 0.15) is 32.3 Å². The fraction of sp³-hybridized carbons (Fsp3) is 0.700. The Morgan fingerprint density at radius 1 is 1.22 bits per heavy atom. The largest absolute Gasteiger partial charge is 0.380 e. The molecule has 1 aromatic carbocycles. The number of non-ortho nitro benzene ring substituents is 1. The van der Waals surface area contributed by atoms with Crippen molar-refractivity contribution in [1.29, 1.82) is 0 Å². The Kier molecular flexibility index (Phi) is 6.68. The molecule has 2 aliphatic heterocycles. The summed E-state index contributed by atoms with van der Waals surface area (Å²) >= 11 is 0. The molecule has 27 heavy (non-hydrogen) atoms. The number of methoxy groups -OCH3 is 1. The van der Waals surface area contributed by atoms with E-state index in [1.165, 1.54) is 0 Å². The minimum Gasteiger partial charge on any atom is -0.380 e. The summed E-state index contributed by atoms with van der Waals surface area (Å²) in [6.45, 7) is 9.82. The topological polar surface area (TPSA) is 68.1 Å². The number of nitro benzene ring substituents is 1. The molecule has 1 aromatic rings. The minimum absolute atomic E-state index is 0.122. The maximum atomic E-state index is 11.1. The number of hydrogen-bond acceptors (Lipinski definition) is 6. The van der Waals surface area contributed by atoms with Gasteiger partial charge in [-0.3, -0.25) is 15.0 Å². The van der Waals surface area contributed by atoms with Crippen molar-refractivity contribution in [3.05, 3.63) is 33.9 Å². The van der Waals surface area contributed by atoms with Crippen LogP contribution in [0.3, 0.4) is 0 Å². The van der Waals surface area contributed by atoms with Crippen LogP contribution in [0.4, 0.5) is 11.4 Å². The van der Waals surface area contributed by atoms with E-state index in [-0.39, 0.29) is 10.6 Å². The van der Waals surface area contributed by atoms with Gasteiger partial charge in [-0.1, -0.05) is 0 Å². The Morgan fingerprint density at radius 3 is 2.48 bits per heavy atom. The second-order valence-electron chi connectivity index (χ2n) is 7.91. The second-order valence-corrected chi connectivity index (χ2v) is 7.91. The van der Waals surface area contributed by atoms with Gasteiger partial charge in [-0.15, -0.1) is 0 Å². The zero-order valence-corrected chi connectivity index (χ0v) is 16.6. The number of nitrogens with zero attached hydrogens (tertiary/aromatic N) is 3. The molecule has 2 heterocycles. The highest BCUT2D eigenvalue weighted by molar-refractivity contribution is 5.58. The molecule has 0 radical (unpaired) electrons. The molecule has 2 fully saturated rings. The van der Waals surface area contributed by atoms with Crippen LogP contribution in [-0.4, -0.2) is 61.9 Å². The van der Waals surface area contributed by atoms with E-state index < -0.39 is 0 Å². The van der Waals surface area contributed by atoms with Crippen LogP contribution in [-0.2, 0) is 16.1 Å². The summed E-state index contributed by atoms with van der Waals surface area (Å²) in [5, 5.41) is 11.1. The Hall–Kier alpha value is -1.70. The zero-order chi connectivity index (χ0) is 19.4. The van der Waals surface area contributed by atoms with E-state index in [0.717, 1.165) is 56.8 Å². The first-order chi connectivity index (χ1) is 13.0. The predicted molar refractivity (Wildman–Crippen MR) is 105 cm³/mol. The molecule has 0 spiro atoms. The number of rotatable bonds is 6. The average Bonchev–Trinajstić information content (AvgIpc) is 2.62. The molecule has 0 aliphatic carbocycles. The maximum Gasteiger partial charge on any atom is 0.269 e. The van der Waals surface area contributed by atoms with Gasteiger partial charge in [0, 0.05) is 63.2 Å². The van der Waals surface area contributed by atoms with Gasteiger partial charge in [-0.05, 0) is 38.7 Å². The third-order valence-electron chi connectivity index (χ3n) is 5.54. The van der Waals surface area contributed by atoms with Crippen LogP contribution < -0.4 is 4.90 Å². The molecule has 0 amide bonds. The van der Waals surface area contributed by atoms with E-state index in [4.69, 9.17) is 9.47 Å². The van der Waals surface area contributed by atoms with Crippen LogP contribution in [0.15, 0.2) is 18.2 Å². The van der Waals surface area contributed by atoms with E-state index in [1.807, 2.05) is 6.07 Å². The number of morpholine rings is 1. The molecule has 7 nitrogen and oxygen atoms in total. The zero-order valence-electron chi connectivity index (χ0n) is 16.6. The lowest BCUT2D eigenvalue weighted by Crippen LogP contribution is -2.48. The summed E-state index contributed by atoms with van der Waals surface area (Å²) in [6, 6.07) is 5.11. The molecule has 150 valence electrons. The lowest BCUT2D eigenvalue weighted by molar-refractivity contribution is -0.384. The van der Waals surface area contributed by atoms with Crippen LogP contribution in [0.2, 0.25) is 0 Å². The Balaban J connectivity index is 1.59. The van der Waals surface area contributed by atoms with Crippen molar-refractivity contribution in [1.82, 2.24) is 4.90 Å². The quantitative estimate of drug-likeness (QED) is 0.561. The average molecular weight is 377 g/mol. The first kappa shape index (κ1) is 20.0. The van der Waals surface area contributed by atoms with Crippen LogP contribution >= 0.6 is 0 Å². The molecule has 0 bridgehead atoms. The van der Waals surface area contributed by atoms with Crippen molar-refractivity contribution in [3.63, 3.8) is 0 Å². The van der Waals surface area contributed by atoms with E-state index in [2.05, 4.69) is 23.6 Å². The lowest BCUT2D eigenvalue weighted by atomic mass is 9.94. The van der Waals surface area contributed by atoms with Gasteiger partial charge in [-0.25, -0.2) is 0 Å². The third kappa shape index (κ3) is 5.18. The molecule has 3 rings (SSSR count). The fourth-order valence-electron chi connectivity index (χ4n) is 4.42. The van der Waals surface area contributed by atoms with Gasteiger partial charge in [0.1, 0.15) is 0 Å². The number of benzene rings is 1. The van der Waals surface area contributed by atoms with Crippen molar-refractivity contribution in [2.24, 2.45) is 5.92 Å². The Labute approximate surface area is 161 Å². The molecule has 2 saturated heterocycles. The molecule has 0 aromatic heterocycles. The second kappa shape index (κ2) is 8.99. The first-order valence-corrected chi connectivity index (χ1v) is 9.85. The van der Waals surface area contributed by atoms with Gasteiger partial charge in [0.2, 0.25) is 0 Å². The predicted octanol–water partition coefficient (Wildman–Crippen LogP) is 3.07. The highest BCUT2D eigenvalue weighted by atomic mass is 16.6. The standard InChI is InChI=1S/C20H31N3O4/c1-15-11-21(12-16(2)27-15)13-17-6-8-22(9-7-17)20-5-4-19(23(24)25)10-18(20)14-26-3/h4-5,10,15-17H,6-9,11-14H2,1-3H3. The number of nitro groups is 1. The molecule has 0 saturated carbocycles. The molecule has 0 N–H and O–H groups in total. The third-order valence-corrected chi connectivity index (χ3v) is 5.54. The normalized spacial score (nSPS) is 24.9. The van der Waals surface area contributed by atoms with Crippen molar-refractivity contribution in [3.8, 4) is 0 Å². The number of hydrogen-bond donors (Lipinski definition) is 0. The van der Waals surface area contributed by atoms with Gasteiger partial charge in [0.15, 0.2) is 0 Å². The SMILES string of the molecule is COCc1cc([N+](=O)[O-])ccc1N1CCC(CN2CC(C)OC(C)C2)CC1. The molecular weight excluding hydrogens is 346 g/mol. The highest BCUT2D eigenvalue weighted by Crippen LogP contribution is 2.30. The van der Waals surface area contributed by atoms with Gasteiger partial charge >= 0.3 is 0 Å². The summed E-state index contributed by atoms with van der Waals surface area (Å²) in [4.78, 5) is 15.6. The van der Waals surface area contributed by atoms with E-state index in [9.17, 15) is 10.1 Å². The van der Waals surface area contributed by atoms with E-state index >= 15 is 0 Å². The summed E-state index contributed by atoms with van der Waals surface area (Å²) in [7, 11) is 1.62. The molecular formula is C20H31N3O4. The molecule has 2 atom stereocenters. The summed E-state index contributed by atoms with van der Waals surface area (Å²) in [5.74, 6) is 0.697. The van der Waals surface area contributed by atoms with Crippen LogP contribution in [0.5, 0.6) is 0 Å². The Morgan fingerprint density at radius 2 is 1.89 bits per heavy atom. The van der Waals surface area contributed by atoms with Gasteiger partial charge in [-0.2, -0.15) is 0 Å². The lowest BCUT2D eigenvalue weighted by Gasteiger charge is -2.40. The van der Waals surface area contributed by atoms with Crippen LogP contribution in [0, 0.1) is 16.0 Å². The van der Waals surface area contributed by atoms with E-state index in [0.29, 0.717) is 24.7 Å². The highest BCUT2D eigenvalue weighted by Gasteiger charge is 2.27. The fourth-order valence-corrected chi connectivity index (χ4v) is 4.42. The first-order valence-electron chi connectivity index (χ1n) is 9.85. The van der Waals surface area contributed by atoms with Crippen molar-refractivity contribution < 1.29 is 14.4 Å². The van der Waals surface area contributed by atoms with Crippen molar-refractivity contribution in [2.45, 2.75) is 45.5 Å². The number of anilines is 1. The van der Waals surface area contributed by atoms with Gasteiger partial charge in [0.25, 0.3) is 5.69 Å². The Bertz CT molecular complexity index is 636. The van der Waals surface area contributed by atoms with Crippen LogP contribution in [0.25, 0.3) is 0 Å². The molecule has 7 heteroatoms. The number of ether oxygens (including phenoxy) is 2. The maximum absolute atomic E-state index is 11.1. The van der Waals surface area contributed by atoms with Crippen molar-refractivity contribution >= 4 is 11.4 Å². The van der Waals surface area contributed by atoms with Gasteiger partial charge < -0.3 is 14.4 Å². The monoisotopic (exact) mass is 377 g/mol. The van der Waals surface area contributed by atoms with E-state index in [1.54, 1.807) is 19.2 Å². The summed E-state index contributed by atoms with van der Waals surface area (Å²) in [5.41, 5.74) is 2.08. The van der Waals surface area contributed by atoms with Crippen molar-refractivity contribution in [2.75, 3.05) is 44.7 Å². The summed E-state index contributed by atoms with van der Waals surface area (Å²) in [6.07, 6.45) is 2.91. The number of piperidine rings is 1. The molecule has 2 aliphatic rings. The van der Waals surface area contributed by atoms with Gasteiger partial charge in [0.05, 0.1) is 23.7 Å². The molecule has 2 unspecified atom stereocenters. The minimum atomic E-state index is -0.348.